The van der Waals surface area contributed by atoms with Gasteiger partial charge in [0.2, 0.25) is 0 Å². The van der Waals surface area contributed by atoms with E-state index in [0.29, 0.717) is 16.6 Å². The summed E-state index contributed by atoms with van der Waals surface area (Å²) in [6, 6.07) is 13.7. The van der Waals surface area contributed by atoms with Gasteiger partial charge in [-0.15, -0.1) is 0 Å². The number of nitrogens with two attached hydrogens (primary N) is 1. The van der Waals surface area contributed by atoms with Crippen molar-refractivity contribution in [1.82, 2.24) is 0 Å². The molecule has 0 fully saturated rings. The molecule has 0 saturated heterocycles. The summed E-state index contributed by atoms with van der Waals surface area (Å²) in [5, 5.41) is 3.97. The van der Waals surface area contributed by atoms with Crippen LogP contribution in [0.3, 0.4) is 0 Å². The summed E-state index contributed by atoms with van der Waals surface area (Å²) in [6.45, 7) is 4.35. The van der Waals surface area contributed by atoms with E-state index < -0.39 is 0 Å². The number of rotatable bonds is 3. The Morgan fingerprint density at radius 3 is 2.61 bits per heavy atom. The van der Waals surface area contributed by atoms with Crippen molar-refractivity contribution >= 4 is 28.7 Å². The average molecular weight is 261 g/mol. The van der Waals surface area contributed by atoms with Gasteiger partial charge in [0.15, 0.2) is 0 Å². The lowest BCUT2D eigenvalue weighted by Gasteiger charge is -2.12. The molecule has 0 unspecified atom stereocenters. The van der Waals surface area contributed by atoms with Crippen molar-refractivity contribution < 1.29 is 0 Å². The number of nitrogen functional groups attached to an aromatic ring is 1. The second-order valence-corrected chi connectivity index (χ2v) is 5.07. The van der Waals surface area contributed by atoms with Gasteiger partial charge in [0.25, 0.3) is 0 Å². The fourth-order valence-corrected chi connectivity index (χ4v) is 1.94. The Labute approximate surface area is 113 Å². The molecule has 0 aromatic heterocycles. The van der Waals surface area contributed by atoms with Crippen molar-refractivity contribution in [1.29, 1.82) is 0 Å². The van der Waals surface area contributed by atoms with Crippen molar-refractivity contribution in [2.45, 2.75) is 19.8 Å². The third-order valence-electron chi connectivity index (χ3n) is 2.85. The SMILES string of the molecule is CC(C)c1cccc(Nc2cc(Cl)ccc2N)c1. The van der Waals surface area contributed by atoms with Gasteiger partial charge in [-0.05, 0) is 41.8 Å². The molecule has 2 rings (SSSR count). The highest BCUT2D eigenvalue weighted by molar-refractivity contribution is 6.31. The molecular formula is C15H17ClN2. The molecule has 0 aliphatic rings. The minimum atomic E-state index is 0.503. The number of halogens is 1. The molecule has 2 nitrogen and oxygen atoms in total. The van der Waals surface area contributed by atoms with Crippen LogP contribution in [0.25, 0.3) is 0 Å². The highest BCUT2D eigenvalue weighted by Crippen LogP contribution is 2.27. The van der Waals surface area contributed by atoms with E-state index in [2.05, 4.69) is 31.3 Å². The largest absolute Gasteiger partial charge is 0.397 e. The summed E-state index contributed by atoms with van der Waals surface area (Å²) in [6.07, 6.45) is 0. The average Bonchev–Trinajstić information content (AvgIpc) is 2.34. The van der Waals surface area contributed by atoms with Crippen molar-refractivity contribution in [2.75, 3.05) is 11.1 Å². The second-order valence-electron chi connectivity index (χ2n) is 4.64. The molecule has 0 amide bonds. The predicted octanol–water partition coefficient (Wildman–Crippen LogP) is 4.79. The molecule has 0 aliphatic heterocycles. The summed E-state index contributed by atoms with van der Waals surface area (Å²) in [5.74, 6) is 0.503. The Morgan fingerprint density at radius 1 is 1.11 bits per heavy atom. The van der Waals surface area contributed by atoms with Crippen LogP contribution in [0.5, 0.6) is 0 Å². The molecule has 0 aliphatic carbocycles. The van der Waals surface area contributed by atoms with E-state index in [0.717, 1.165) is 11.4 Å². The minimum Gasteiger partial charge on any atom is -0.397 e. The molecule has 2 aromatic rings. The zero-order valence-corrected chi connectivity index (χ0v) is 11.3. The van der Waals surface area contributed by atoms with Crippen LogP contribution in [-0.2, 0) is 0 Å². The Bertz CT molecular complexity index is 550. The fraction of sp³-hybridized carbons (Fsp3) is 0.200. The number of benzene rings is 2. The molecule has 94 valence electrons. The number of hydrogen-bond donors (Lipinski definition) is 2. The molecule has 0 spiro atoms. The molecule has 0 atom stereocenters. The molecule has 2 aromatic carbocycles. The molecule has 0 heterocycles. The van der Waals surface area contributed by atoms with Crippen LogP contribution in [0.4, 0.5) is 17.1 Å². The van der Waals surface area contributed by atoms with Gasteiger partial charge in [0.05, 0.1) is 11.4 Å². The van der Waals surface area contributed by atoms with Crippen LogP contribution in [0.2, 0.25) is 5.02 Å². The molecule has 0 saturated carbocycles. The van der Waals surface area contributed by atoms with Crippen LogP contribution in [0.15, 0.2) is 42.5 Å². The lowest BCUT2D eigenvalue weighted by atomic mass is 10.0. The Balaban J connectivity index is 2.28. The standard InChI is InChI=1S/C15H17ClN2/c1-10(2)11-4-3-5-13(8-11)18-15-9-12(16)6-7-14(15)17/h3-10,18H,17H2,1-2H3. The maximum atomic E-state index is 5.97. The third-order valence-corrected chi connectivity index (χ3v) is 3.08. The van der Waals surface area contributed by atoms with E-state index in [4.69, 9.17) is 17.3 Å². The van der Waals surface area contributed by atoms with Crippen LogP contribution < -0.4 is 11.1 Å². The fourth-order valence-electron chi connectivity index (χ4n) is 1.77. The summed E-state index contributed by atoms with van der Waals surface area (Å²) in [7, 11) is 0. The first-order chi connectivity index (χ1) is 8.56. The van der Waals surface area contributed by atoms with E-state index in [1.807, 2.05) is 18.2 Å². The van der Waals surface area contributed by atoms with Crippen molar-refractivity contribution in [3.63, 3.8) is 0 Å². The van der Waals surface area contributed by atoms with Crippen LogP contribution in [0.1, 0.15) is 25.3 Å². The van der Waals surface area contributed by atoms with Crippen molar-refractivity contribution in [3.8, 4) is 0 Å². The first-order valence-corrected chi connectivity index (χ1v) is 6.36. The summed E-state index contributed by atoms with van der Waals surface area (Å²) in [4.78, 5) is 0. The topological polar surface area (TPSA) is 38.0 Å². The van der Waals surface area contributed by atoms with Gasteiger partial charge < -0.3 is 11.1 Å². The minimum absolute atomic E-state index is 0.503. The zero-order valence-electron chi connectivity index (χ0n) is 10.6. The van der Waals surface area contributed by atoms with Crippen LogP contribution in [-0.4, -0.2) is 0 Å². The highest BCUT2D eigenvalue weighted by Gasteiger charge is 2.03. The Hall–Kier alpha value is -1.67. The monoisotopic (exact) mass is 260 g/mol. The van der Waals surface area contributed by atoms with Gasteiger partial charge in [-0.1, -0.05) is 37.6 Å². The van der Waals surface area contributed by atoms with E-state index >= 15 is 0 Å². The summed E-state index contributed by atoms with van der Waals surface area (Å²) in [5.41, 5.74) is 9.76. The molecular weight excluding hydrogens is 244 g/mol. The van der Waals surface area contributed by atoms with E-state index in [1.54, 1.807) is 12.1 Å². The van der Waals surface area contributed by atoms with Crippen LogP contribution >= 0.6 is 11.6 Å². The molecule has 3 N–H and O–H groups in total. The molecule has 3 heteroatoms. The maximum Gasteiger partial charge on any atom is 0.0632 e. The van der Waals surface area contributed by atoms with Crippen molar-refractivity contribution in [2.24, 2.45) is 0 Å². The molecule has 0 bridgehead atoms. The van der Waals surface area contributed by atoms with Gasteiger partial charge in [0.1, 0.15) is 0 Å². The smallest absolute Gasteiger partial charge is 0.0632 e. The first kappa shape index (κ1) is 12.8. The first-order valence-electron chi connectivity index (χ1n) is 5.98. The normalized spacial score (nSPS) is 10.7. The Morgan fingerprint density at radius 2 is 1.89 bits per heavy atom. The lowest BCUT2D eigenvalue weighted by molar-refractivity contribution is 0.867. The van der Waals surface area contributed by atoms with E-state index in [-0.39, 0.29) is 0 Å². The van der Waals surface area contributed by atoms with Gasteiger partial charge in [-0.3, -0.25) is 0 Å². The lowest BCUT2D eigenvalue weighted by Crippen LogP contribution is -1.97. The molecule has 18 heavy (non-hydrogen) atoms. The van der Waals surface area contributed by atoms with Gasteiger partial charge in [0, 0.05) is 10.7 Å². The van der Waals surface area contributed by atoms with Gasteiger partial charge >= 0.3 is 0 Å². The number of hydrogen-bond acceptors (Lipinski definition) is 2. The Kier molecular flexibility index (Phi) is 3.78. The highest BCUT2D eigenvalue weighted by atomic mass is 35.5. The summed E-state index contributed by atoms with van der Waals surface area (Å²) < 4.78 is 0. The van der Waals surface area contributed by atoms with Gasteiger partial charge in [-0.2, -0.15) is 0 Å². The molecule has 0 radical (unpaired) electrons. The van der Waals surface area contributed by atoms with E-state index in [1.165, 1.54) is 5.56 Å². The maximum absolute atomic E-state index is 5.97. The number of anilines is 3. The third kappa shape index (κ3) is 2.96. The van der Waals surface area contributed by atoms with Crippen molar-refractivity contribution in [3.05, 3.63) is 53.1 Å². The van der Waals surface area contributed by atoms with Crippen LogP contribution in [0, 0.1) is 0 Å². The second kappa shape index (κ2) is 5.32. The number of nitrogens with one attached hydrogen (secondary N) is 1. The van der Waals surface area contributed by atoms with E-state index in [9.17, 15) is 0 Å². The quantitative estimate of drug-likeness (QED) is 0.779. The summed E-state index contributed by atoms with van der Waals surface area (Å²) >= 11 is 5.97. The zero-order chi connectivity index (χ0) is 13.1. The van der Waals surface area contributed by atoms with Gasteiger partial charge in [-0.25, -0.2) is 0 Å². The predicted molar refractivity (Wildman–Crippen MR) is 79.7 cm³/mol.